The number of ether oxygens (including phenoxy) is 1. The van der Waals surface area contributed by atoms with Crippen LogP contribution in [-0.4, -0.2) is 76.5 Å². The maximum absolute atomic E-state index is 12.9. The van der Waals surface area contributed by atoms with Gasteiger partial charge in [-0.1, -0.05) is 0 Å². The maximum atomic E-state index is 12.9. The van der Waals surface area contributed by atoms with Gasteiger partial charge in [-0.3, -0.25) is 4.79 Å². The monoisotopic (exact) mass is 381 g/mol. The van der Waals surface area contributed by atoms with Crippen molar-refractivity contribution in [2.45, 2.75) is 17.7 Å². The van der Waals surface area contributed by atoms with E-state index in [2.05, 4.69) is 5.32 Å². The third-order valence-corrected chi connectivity index (χ3v) is 6.89. The molecular weight excluding hydrogens is 354 g/mol. The number of morpholine rings is 1. The Bertz CT molecular complexity index is 712. The molecule has 1 atom stereocenters. The molecule has 0 aliphatic carbocycles. The Morgan fingerprint density at radius 1 is 1.19 bits per heavy atom. The van der Waals surface area contributed by atoms with E-state index in [0.29, 0.717) is 50.9 Å². The van der Waals surface area contributed by atoms with E-state index >= 15 is 0 Å². The highest BCUT2D eigenvalue weighted by Crippen LogP contribution is 2.24. The first kappa shape index (κ1) is 19.3. The lowest BCUT2D eigenvalue weighted by atomic mass is 10.00. The van der Waals surface area contributed by atoms with Gasteiger partial charge < -0.3 is 15.0 Å². The molecule has 0 spiro atoms. The van der Waals surface area contributed by atoms with Gasteiger partial charge in [-0.05, 0) is 56.6 Å². The van der Waals surface area contributed by atoms with Crippen LogP contribution in [0.25, 0.3) is 0 Å². The maximum Gasteiger partial charge on any atom is 0.254 e. The van der Waals surface area contributed by atoms with Crippen molar-refractivity contribution in [1.82, 2.24) is 14.5 Å². The number of benzene rings is 1. The van der Waals surface area contributed by atoms with Gasteiger partial charge in [0, 0.05) is 31.7 Å². The first-order chi connectivity index (χ1) is 12.5. The highest BCUT2D eigenvalue weighted by atomic mass is 32.2. The average Bonchev–Trinajstić information content (AvgIpc) is 2.69. The topological polar surface area (TPSA) is 79.0 Å². The molecule has 1 N–H and O–H groups in total. The number of rotatable bonds is 5. The van der Waals surface area contributed by atoms with E-state index in [-0.39, 0.29) is 10.8 Å². The third kappa shape index (κ3) is 4.25. The van der Waals surface area contributed by atoms with Crippen molar-refractivity contribution in [2.75, 3.05) is 53.0 Å². The summed E-state index contributed by atoms with van der Waals surface area (Å²) < 4.78 is 32.7. The van der Waals surface area contributed by atoms with Gasteiger partial charge in [-0.15, -0.1) is 0 Å². The van der Waals surface area contributed by atoms with Crippen LogP contribution in [-0.2, 0) is 14.8 Å². The van der Waals surface area contributed by atoms with Gasteiger partial charge in [-0.25, -0.2) is 8.42 Å². The first-order valence-electron chi connectivity index (χ1n) is 9.14. The second-order valence-electron chi connectivity index (χ2n) is 6.86. The Hall–Kier alpha value is -1.48. The third-order valence-electron chi connectivity index (χ3n) is 5.01. The molecule has 2 aliphatic rings. The van der Waals surface area contributed by atoms with E-state index in [1.54, 1.807) is 33.5 Å². The Kier molecular flexibility index (Phi) is 6.29. The van der Waals surface area contributed by atoms with Crippen LogP contribution in [0.3, 0.4) is 0 Å². The van der Waals surface area contributed by atoms with E-state index in [4.69, 9.17) is 4.74 Å². The second-order valence-corrected chi connectivity index (χ2v) is 8.80. The number of carbonyl (C=O) groups is 1. The zero-order valence-corrected chi connectivity index (χ0v) is 16.0. The number of sulfonamides is 1. The molecule has 0 aromatic heterocycles. The van der Waals surface area contributed by atoms with Gasteiger partial charge in [-0.2, -0.15) is 4.31 Å². The molecule has 2 saturated heterocycles. The standard InChI is InChI=1S/C18H27N3O4S/c1-19-13-15-3-2-8-21(14-15)26(23,24)17-6-4-16(5-7-17)18(22)20-9-11-25-12-10-20/h4-7,15,19H,2-3,8-14H2,1H3. The summed E-state index contributed by atoms with van der Waals surface area (Å²) in [7, 11) is -1.63. The summed E-state index contributed by atoms with van der Waals surface area (Å²) in [6, 6.07) is 6.31. The summed E-state index contributed by atoms with van der Waals surface area (Å²) in [5.41, 5.74) is 0.512. The number of nitrogens with one attached hydrogen (secondary N) is 1. The normalized spacial score (nSPS) is 22.3. The molecule has 26 heavy (non-hydrogen) atoms. The largest absolute Gasteiger partial charge is 0.378 e. The summed E-state index contributed by atoms with van der Waals surface area (Å²) in [6.07, 6.45) is 1.92. The fourth-order valence-corrected chi connectivity index (χ4v) is 5.12. The Morgan fingerprint density at radius 2 is 1.88 bits per heavy atom. The van der Waals surface area contributed by atoms with E-state index in [9.17, 15) is 13.2 Å². The van der Waals surface area contributed by atoms with Crippen molar-refractivity contribution in [3.05, 3.63) is 29.8 Å². The molecule has 144 valence electrons. The molecule has 8 heteroatoms. The van der Waals surface area contributed by atoms with Gasteiger partial charge in [0.05, 0.1) is 18.1 Å². The fourth-order valence-electron chi connectivity index (χ4n) is 3.57. The first-order valence-corrected chi connectivity index (χ1v) is 10.6. The second kappa shape index (κ2) is 8.47. The Morgan fingerprint density at radius 3 is 2.54 bits per heavy atom. The molecule has 7 nitrogen and oxygen atoms in total. The molecule has 2 heterocycles. The molecule has 0 saturated carbocycles. The Labute approximate surface area is 155 Å². The predicted octanol–water partition coefficient (Wildman–Crippen LogP) is 0.779. The van der Waals surface area contributed by atoms with Crippen LogP contribution < -0.4 is 5.32 Å². The van der Waals surface area contributed by atoms with Crippen LogP contribution in [0.2, 0.25) is 0 Å². The van der Waals surface area contributed by atoms with Gasteiger partial charge in [0.25, 0.3) is 5.91 Å². The summed E-state index contributed by atoms with van der Waals surface area (Å²) >= 11 is 0. The van der Waals surface area contributed by atoms with Crippen LogP contribution >= 0.6 is 0 Å². The highest BCUT2D eigenvalue weighted by Gasteiger charge is 2.30. The van der Waals surface area contributed by atoms with Gasteiger partial charge >= 0.3 is 0 Å². The lowest BCUT2D eigenvalue weighted by molar-refractivity contribution is 0.0303. The van der Waals surface area contributed by atoms with Crippen molar-refractivity contribution in [3.8, 4) is 0 Å². The van der Waals surface area contributed by atoms with Crippen molar-refractivity contribution < 1.29 is 17.9 Å². The van der Waals surface area contributed by atoms with E-state index in [0.717, 1.165) is 19.4 Å². The molecular formula is C18H27N3O4S. The zero-order valence-electron chi connectivity index (χ0n) is 15.2. The number of piperidine rings is 1. The number of hydrogen-bond acceptors (Lipinski definition) is 5. The lowest BCUT2D eigenvalue weighted by Crippen LogP contribution is -2.42. The number of carbonyl (C=O) groups excluding carboxylic acids is 1. The van der Waals surface area contributed by atoms with E-state index in [1.807, 2.05) is 7.05 Å². The number of nitrogens with zero attached hydrogens (tertiary/aromatic N) is 2. The summed E-state index contributed by atoms with van der Waals surface area (Å²) in [5, 5.41) is 3.13. The van der Waals surface area contributed by atoms with Gasteiger partial charge in [0.1, 0.15) is 0 Å². The molecule has 2 fully saturated rings. The highest BCUT2D eigenvalue weighted by molar-refractivity contribution is 7.89. The molecule has 0 bridgehead atoms. The minimum Gasteiger partial charge on any atom is -0.378 e. The van der Waals surface area contributed by atoms with E-state index < -0.39 is 10.0 Å². The average molecular weight is 381 g/mol. The number of amides is 1. The number of hydrogen-bond donors (Lipinski definition) is 1. The van der Waals surface area contributed by atoms with Crippen molar-refractivity contribution in [2.24, 2.45) is 5.92 Å². The van der Waals surface area contributed by atoms with Crippen molar-refractivity contribution >= 4 is 15.9 Å². The predicted molar refractivity (Wildman–Crippen MR) is 98.6 cm³/mol. The summed E-state index contributed by atoms with van der Waals surface area (Å²) in [5.74, 6) is 0.259. The molecule has 3 rings (SSSR count). The van der Waals surface area contributed by atoms with Crippen LogP contribution in [0.15, 0.2) is 29.2 Å². The molecule has 1 unspecified atom stereocenters. The SMILES string of the molecule is CNCC1CCCN(S(=O)(=O)c2ccc(C(=O)N3CCOCC3)cc2)C1. The molecule has 1 amide bonds. The van der Waals surface area contributed by atoms with Crippen LogP contribution in [0.1, 0.15) is 23.2 Å². The smallest absolute Gasteiger partial charge is 0.254 e. The Balaban J connectivity index is 1.71. The van der Waals surface area contributed by atoms with Crippen LogP contribution in [0.4, 0.5) is 0 Å². The lowest BCUT2D eigenvalue weighted by Gasteiger charge is -2.32. The zero-order chi connectivity index (χ0) is 18.6. The molecule has 0 radical (unpaired) electrons. The van der Waals surface area contributed by atoms with Gasteiger partial charge in [0.15, 0.2) is 0 Å². The fraction of sp³-hybridized carbons (Fsp3) is 0.611. The molecule has 2 aliphatic heterocycles. The minimum absolute atomic E-state index is 0.0793. The van der Waals surface area contributed by atoms with Crippen LogP contribution in [0.5, 0.6) is 0 Å². The van der Waals surface area contributed by atoms with Crippen molar-refractivity contribution in [3.63, 3.8) is 0 Å². The molecule has 1 aromatic carbocycles. The quantitative estimate of drug-likeness (QED) is 0.815. The van der Waals surface area contributed by atoms with Gasteiger partial charge in [0.2, 0.25) is 10.0 Å². The van der Waals surface area contributed by atoms with Crippen molar-refractivity contribution in [1.29, 1.82) is 0 Å². The summed E-state index contributed by atoms with van der Waals surface area (Å²) in [4.78, 5) is 14.5. The minimum atomic E-state index is -3.52. The van der Waals surface area contributed by atoms with Crippen LogP contribution in [0, 0.1) is 5.92 Å². The summed E-state index contributed by atoms with van der Waals surface area (Å²) in [6.45, 7) is 4.13. The molecule has 1 aromatic rings. The van der Waals surface area contributed by atoms with E-state index in [1.165, 1.54) is 0 Å².